The number of aliphatic hydroxyl groups excluding tert-OH is 1. The quantitative estimate of drug-likeness (QED) is 0.702. The summed E-state index contributed by atoms with van der Waals surface area (Å²) in [5, 5.41) is 9.32. The van der Waals surface area contributed by atoms with Gasteiger partial charge in [-0.05, 0) is 19.3 Å². The molecule has 0 aromatic heterocycles. The first-order valence-corrected chi connectivity index (χ1v) is 5.10. The molecule has 0 amide bonds. The summed E-state index contributed by atoms with van der Waals surface area (Å²) in [6.45, 7) is 4.63. The van der Waals surface area contributed by atoms with Gasteiger partial charge >= 0.3 is 11.9 Å². The van der Waals surface area contributed by atoms with E-state index in [1.807, 2.05) is 6.92 Å². The van der Waals surface area contributed by atoms with Crippen molar-refractivity contribution in [3.05, 3.63) is 0 Å². The topological polar surface area (TPSA) is 46.5 Å². The van der Waals surface area contributed by atoms with Crippen molar-refractivity contribution in [1.29, 1.82) is 0 Å². The van der Waals surface area contributed by atoms with E-state index in [1.54, 1.807) is 0 Å². The van der Waals surface area contributed by atoms with E-state index in [0.29, 0.717) is 12.8 Å². The number of esters is 1. The molecule has 0 saturated carbocycles. The fourth-order valence-electron chi connectivity index (χ4n) is 1.32. The number of aliphatic hydroxyl groups is 1. The molecule has 0 spiro atoms. The van der Waals surface area contributed by atoms with Crippen LogP contribution < -0.4 is 0 Å². The van der Waals surface area contributed by atoms with E-state index in [0.717, 1.165) is 0 Å². The molecule has 0 aliphatic rings. The van der Waals surface area contributed by atoms with Crippen LogP contribution in [-0.2, 0) is 9.53 Å². The summed E-state index contributed by atoms with van der Waals surface area (Å²) in [4.78, 5) is 10.9. The molecule has 2 atom stereocenters. The van der Waals surface area contributed by atoms with Crippen molar-refractivity contribution in [1.82, 2.24) is 0 Å². The van der Waals surface area contributed by atoms with Gasteiger partial charge in [0.1, 0.15) is 6.10 Å². The van der Waals surface area contributed by atoms with Crippen molar-refractivity contribution < 1.29 is 23.4 Å². The largest absolute Gasteiger partial charge is 0.461 e. The van der Waals surface area contributed by atoms with E-state index < -0.39 is 23.9 Å². The van der Waals surface area contributed by atoms with Crippen LogP contribution in [0.5, 0.6) is 0 Å². The second-order valence-electron chi connectivity index (χ2n) is 3.55. The number of alkyl halides is 2. The molecule has 0 aromatic rings. The Labute approximate surface area is 88.4 Å². The molecule has 0 aliphatic carbocycles. The summed E-state index contributed by atoms with van der Waals surface area (Å²) in [5.41, 5.74) is 0. The van der Waals surface area contributed by atoms with Gasteiger partial charge in [0.15, 0.2) is 0 Å². The van der Waals surface area contributed by atoms with Crippen molar-refractivity contribution in [2.45, 2.75) is 45.6 Å². The molecular weight excluding hydrogens is 206 g/mol. The van der Waals surface area contributed by atoms with Crippen LogP contribution >= 0.6 is 0 Å². The number of rotatable bonds is 6. The Morgan fingerprint density at radius 1 is 1.47 bits per heavy atom. The number of hydrogen-bond donors (Lipinski definition) is 1. The molecule has 5 heteroatoms. The van der Waals surface area contributed by atoms with Crippen molar-refractivity contribution >= 4 is 5.97 Å². The Morgan fingerprint density at radius 2 is 2.00 bits per heavy atom. The first-order chi connectivity index (χ1) is 6.87. The van der Waals surface area contributed by atoms with Gasteiger partial charge in [-0.25, -0.2) is 4.79 Å². The second-order valence-corrected chi connectivity index (χ2v) is 3.55. The fourth-order valence-corrected chi connectivity index (χ4v) is 1.32. The van der Waals surface area contributed by atoms with Crippen LogP contribution in [0.4, 0.5) is 8.78 Å². The zero-order chi connectivity index (χ0) is 12.1. The van der Waals surface area contributed by atoms with Gasteiger partial charge < -0.3 is 9.84 Å². The molecule has 0 radical (unpaired) electrons. The smallest absolute Gasteiger partial charge is 0.379 e. The summed E-state index contributed by atoms with van der Waals surface area (Å²) in [6.07, 6.45) is -0.857. The van der Waals surface area contributed by atoms with Crippen LogP contribution in [0.15, 0.2) is 0 Å². The Morgan fingerprint density at radius 3 is 2.40 bits per heavy atom. The SMILES string of the molecule is CCCC(C)C(O)C(F)(F)C(=O)OCC. The average molecular weight is 224 g/mol. The maximum atomic E-state index is 13.2. The normalized spacial score (nSPS) is 15.9. The van der Waals surface area contributed by atoms with Crippen molar-refractivity contribution in [3.63, 3.8) is 0 Å². The van der Waals surface area contributed by atoms with Crippen molar-refractivity contribution in [2.75, 3.05) is 6.61 Å². The lowest BCUT2D eigenvalue weighted by atomic mass is 9.94. The number of ether oxygens (including phenoxy) is 1. The van der Waals surface area contributed by atoms with E-state index in [9.17, 15) is 18.7 Å². The summed E-state index contributed by atoms with van der Waals surface area (Å²) < 4.78 is 30.7. The van der Waals surface area contributed by atoms with Gasteiger partial charge in [-0.15, -0.1) is 0 Å². The molecule has 1 N–H and O–H groups in total. The van der Waals surface area contributed by atoms with Gasteiger partial charge in [0.25, 0.3) is 0 Å². The van der Waals surface area contributed by atoms with Gasteiger partial charge in [-0.2, -0.15) is 8.78 Å². The van der Waals surface area contributed by atoms with Gasteiger partial charge in [0.05, 0.1) is 6.61 Å². The molecule has 0 bridgehead atoms. The number of carbonyl (C=O) groups is 1. The third kappa shape index (κ3) is 3.74. The van der Waals surface area contributed by atoms with E-state index in [4.69, 9.17) is 0 Å². The molecule has 90 valence electrons. The van der Waals surface area contributed by atoms with E-state index in [1.165, 1.54) is 13.8 Å². The zero-order valence-electron chi connectivity index (χ0n) is 9.30. The standard InChI is InChI=1S/C10H18F2O3/c1-4-6-7(3)8(13)10(11,12)9(14)15-5-2/h7-8,13H,4-6H2,1-3H3. The molecule has 15 heavy (non-hydrogen) atoms. The molecule has 0 aliphatic heterocycles. The van der Waals surface area contributed by atoms with Gasteiger partial charge in [0.2, 0.25) is 0 Å². The van der Waals surface area contributed by atoms with Gasteiger partial charge in [0, 0.05) is 0 Å². The monoisotopic (exact) mass is 224 g/mol. The summed E-state index contributed by atoms with van der Waals surface area (Å²) >= 11 is 0. The molecule has 3 nitrogen and oxygen atoms in total. The molecule has 0 fully saturated rings. The van der Waals surface area contributed by atoms with Crippen LogP contribution in [0.3, 0.4) is 0 Å². The Balaban J connectivity index is 4.48. The Hall–Kier alpha value is -0.710. The molecule has 0 rings (SSSR count). The second kappa shape index (κ2) is 6.00. The summed E-state index contributed by atoms with van der Waals surface area (Å²) in [6, 6.07) is 0. The van der Waals surface area contributed by atoms with Crippen LogP contribution in [0.2, 0.25) is 0 Å². The van der Waals surface area contributed by atoms with E-state index in [-0.39, 0.29) is 6.61 Å². The van der Waals surface area contributed by atoms with Crippen LogP contribution in [0.1, 0.15) is 33.6 Å². The maximum absolute atomic E-state index is 13.2. The molecule has 2 unspecified atom stereocenters. The van der Waals surface area contributed by atoms with Crippen molar-refractivity contribution in [2.24, 2.45) is 5.92 Å². The van der Waals surface area contributed by atoms with Gasteiger partial charge in [-0.1, -0.05) is 20.3 Å². The maximum Gasteiger partial charge on any atom is 0.379 e. The third-order valence-electron chi connectivity index (χ3n) is 2.20. The lowest BCUT2D eigenvalue weighted by molar-refractivity contribution is -0.193. The highest BCUT2D eigenvalue weighted by Gasteiger charge is 2.50. The zero-order valence-corrected chi connectivity index (χ0v) is 9.30. The third-order valence-corrected chi connectivity index (χ3v) is 2.20. The molecule has 0 saturated heterocycles. The first-order valence-electron chi connectivity index (χ1n) is 5.10. The van der Waals surface area contributed by atoms with Crippen LogP contribution in [0.25, 0.3) is 0 Å². The summed E-state index contributed by atoms with van der Waals surface area (Å²) in [5.74, 6) is -6.10. The highest BCUT2D eigenvalue weighted by atomic mass is 19.3. The lowest BCUT2D eigenvalue weighted by Gasteiger charge is -2.25. The van der Waals surface area contributed by atoms with Crippen molar-refractivity contribution in [3.8, 4) is 0 Å². The van der Waals surface area contributed by atoms with E-state index in [2.05, 4.69) is 4.74 Å². The minimum atomic E-state index is -3.81. The lowest BCUT2D eigenvalue weighted by Crippen LogP contribution is -2.46. The summed E-state index contributed by atoms with van der Waals surface area (Å²) in [7, 11) is 0. The van der Waals surface area contributed by atoms with Crippen LogP contribution in [0, 0.1) is 5.92 Å². The minimum absolute atomic E-state index is 0.122. The number of halogens is 2. The minimum Gasteiger partial charge on any atom is -0.461 e. The number of carbonyl (C=O) groups excluding carboxylic acids is 1. The average Bonchev–Trinajstić information content (AvgIpc) is 2.17. The first kappa shape index (κ1) is 14.3. The fraction of sp³-hybridized carbons (Fsp3) is 0.900. The number of hydrogen-bond acceptors (Lipinski definition) is 3. The molecular formula is C10H18F2O3. The highest BCUT2D eigenvalue weighted by molar-refractivity contribution is 5.78. The van der Waals surface area contributed by atoms with Crippen LogP contribution in [-0.4, -0.2) is 29.7 Å². The molecule has 0 heterocycles. The predicted molar refractivity (Wildman–Crippen MR) is 51.7 cm³/mol. The predicted octanol–water partition coefficient (Wildman–Crippen LogP) is 1.98. The molecule has 0 aromatic carbocycles. The Kier molecular flexibility index (Phi) is 5.72. The Bertz CT molecular complexity index is 207. The van der Waals surface area contributed by atoms with Gasteiger partial charge in [-0.3, -0.25) is 0 Å². The highest BCUT2D eigenvalue weighted by Crippen LogP contribution is 2.27. The van der Waals surface area contributed by atoms with E-state index >= 15 is 0 Å².